The van der Waals surface area contributed by atoms with Crippen molar-refractivity contribution in [3.63, 3.8) is 0 Å². The van der Waals surface area contributed by atoms with Crippen molar-refractivity contribution >= 4 is 11.7 Å². The Kier molecular flexibility index (Phi) is 4.29. The Labute approximate surface area is 159 Å². The zero-order valence-corrected chi connectivity index (χ0v) is 16.1. The van der Waals surface area contributed by atoms with Crippen LogP contribution in [0.4, 0.5) is 0 Å². The monoisotopic (exact) mass is 363 g/mol. The highest BCUT2D eigenvalue weighted by Crippen LogP contribution is 2.42. The molecule has 1 unspecified atom stereocenters. The first-order chi connectivity index (χ1) is 12.9. The van der Waals surface area contributed by atoms with Crippen molar-refractivity contribution in [2.24, 2.45) is 5.92 Å². The summed E-state index contributed by atoms with van der Waals surface area (Å²) in [5.74, 6) is -0.265. The third-order valence-electron chi connectivity index (χ3n) is 5.98. The van der Waals surface area contributed by atoms with Crippen molar-refractivity contribution in [2.45, 2.75) is 52.6 Å². The molecule has 1 N–H and O–H groups in total. The number of rotatable bonds is 3. The van der Waals surface area contributed by atoms with Crippen LogP contribution in [0.2, 0.25) is 0 Å². The van der Waals surface area contributed by atoms with Crippen molar-refractivity contribution in [1.29, 1.82) is 0 Å². The molecule has 0 radical (unpaired) electrons. The molecule has 1 aliphatic carbocycles. The zero-order chi connectivity index (χ0) is 19.3. The Bertz CT molecular complexity index is 920. The van der Waals surface area contributed by atoms with E-state index in [-0.39, 0.29) is 34.8 Å². The molecule has 0 fully saturated rings. The van der Waals surface area contributed by atoms with E-state index in [0.717, 1.165) is 28.7 Å². The molecule has 2 aliphatic rings. The summed E-state index contributed by atoms with van der Waals surface area (Å²) in [5.41, 5.74) is 4.85. The number of phenolic OH excluding ortho intramolecular Hbond substituents is 1. The van der Waals surface area contributed by atoms with Gasteiger partial charge in [0.1, 0.15) is 5.75 Å². The van der Waals surface area contributed by atoms with Crippen LogP contribution in [0.3, 0.4) is 0 Å². The summed E-state index contributed by atoms with van der Waals surface area (Å²) in [6.07, 6.45) is 1.41. The van der Waals surface area contributed by atoms with Crippen molar-refractivity contribution in [1.82, 2.24) is 4.90 Å². The summed E-state index contributed by atoms with van der Waals surface area (Å²) < 4.78 is 0. The summed E-state index contributed by atoms with van der Waals surface area (Å²) >= 11 is 0. The number of hydrogen-bond acceptors (Lipinski definition) is 3. The van der Waals surface area contributed by atoms with Crippen LogP contribution in [0.5, 0.6) is 5.75 Å². The predicted molar refractivity (Wildman–Crippen MR) is 104 cm³/mol. The molecule has 140 valence electrons. The van der Waals surface area contributed by atoms with E-state index >= 15 is 0 Å². The molecule has 2 aromatic rings. The van der Waals surface area contributed by atoms with Crippen LogP contribution in [-0.2, 0) is 19.5 Å². The van der Waals surface area contributed by atoms with Crippen molar-refractivity contribution < 1.29 is 14.7 Å². The quantitative estimate of drug-likeness (QED) is 0.877. The lowest BCUT2D eigenvalue weighted by molar-refractivity contribution is 0.0748. The average Bonchev–Trinajstić information content (AvgIpc) is 3.22. The maximum Gasteiger partial charge on any atom is 0.258 e. The van der Waals surface area contributed by atoms with Gasteiger partial charge >= 0.3 is 0 Å². The maximum atomic E-state index is 13.2. The molecule has 1 heterocycles. The standard InChI is InChI=1S/C23H25NO3/c1-4-14-9-18-17(13(2)3)10-19(22(26)20(18)21(14)25)23(27)24-11-15-7-5-6-8-16(15)12-24/h5-8,10,13-14,26H,4,9,11-12H2,1-3H3. The van der Waals surface area contributed by atoms with Gasteiger partial charge in [0.15, 0.2) is 5.78 Å². The summed E-state index contributed by atoms with van der Waals surface area (Å²) in [5, 5.41) is 10.9. The molecule has 27 heavy (non-hydrogen) atoms. The van der Waals surface area contributed by atoms with Gasteiger partial charge in [-0.1, -0.05) is 45.0 Å². The fourth-order valence-corrected chi connectivity index (χ4v) is 4.42. The van der Waals surface area contributed by atoms with E-state index < -0.39 is 0 Å². The number of phenols is 1. The molecule has 2 aromatic carbocycles. The molecular weight excluding hydrogens is 338 g/mol. The summed E-state index contributed by atoms with van der Waals surface area (Å²) in [7, 11) is 0. The van der Waals surface area contributed by atoms with E-state index in [9.17, 15) is 14.7 Å². The summed E-state index contributed by atoms with van der Waals surface area (Å²) in [4.78, 5) is 27.8. The molecule has 0 saturated heterocycles. The first-order valence-corrected chi connectivity index (χ1v) is 9.71. The van der Waals surface area contributed by atoms with Crippen LogP contribution >= 0.6 is 0 Å². The van der Waals surface area contributed by atoms with E-state index in [1.807, 2.05) is 37.3 Å². The molecule has 0 saturated carbocycles. The topological polar surface area (TPSA) is 57.6 Å². The second kappa shape index (κ2) is 6.52. The van der Waals surface area contributed by atoms with Gasteiger partial charge in [0.05, 0.1) is 11.1 Å². The molecule has 4 heteroatoms. The van der Waals surface area contributed by atoms with Gasteiger partial charge in [-0.25, -0.2) is 0 Å². The maximum absolute atomic E-state index is 13.2. The van der Waals surface area contributed by atoms with Crippen LogP contribution in [0.25, 0.3) is 0 Å². The van der Waals surface area contributed by atoms with Gasteiger partial charge in [0, 0.05) is 19.0 Å². The van der Waals surface area contributed by atoms with Gasteiger partial charge in [-0.05, 0) is 47.1 Å². The lowest BCUT2D eigenvalue weighted by Gasteiger charge is -2.20. The highest BCUT2D eigenvalue weighted by Gasteiger charge is 2.37. The number of hydrogen-bond donors (Lipinski definition) is 1. The van der Waals surface area contributed by atoms with Crippen LogP contribution in [-0.4, -0.2) is 21.7 Å². The van der Waals surface area contributed by atoms with Crippen LogP contribution in [0.15, 0.2) is 30.3 Å². The van der Waals surface area contributed by atoms with Gasteiger partial charge in [-0.2, -0.15) is 0 Å². The first kappa shape index (κ1) is 17.8. The van der Waals surface area contributed by atoms with E-state index in [0.29, 0.717) is 25.1 Å². The van der Waals surface area contributed by atoms with E-state index in [1.165, 1.54) is 0 Å². The molecular formula is C23H25NO3. The van der Waals surface area contributed by atoms with Crippen molar-refractivity contribution in [3.05, 3.63) is 63.7 Å². The zero-order valence-electron chi connectivity index (χ0n) is 16.1. The van der Waals surface area contributed by atoms with Crippen molar-refractivity contribution in [2.75, 3.05) is 0 Å². The predicted octanol–water partition coefficient (Wildman–Crippen LogP) is 4.44. The van der Waals surface area contributed by atoms with Crippen LogP contribution in [0, 0.1) is 5.92 Å². The number of Topliss-reactive ketones (excluding diaryl/α,β-unsaturated/α-hetero) is 1. The fourth-order valence-electron chi connectivity index (χ4n) is 4.42. The molecule has 1 aliphatic heterocycles. The van der Waals surface area contributed by atoms with Gasteiger partial charge in [0.2, 0.25) is 0 Å². The lowest BCUT2D eigenvalue weighted by Crippen LogP contribution is -2.26. The van der Waals surface area contributed by atoms with Gasteiger partial charge < -0.3 is 10.0 Å². The van der Waals surface area contributed by atoms with E-state index in [4.69, 9.17) is 0 Å². The molecule has 1 amide bonds. The van der Waals surface area contributed by atoms with Crippen LogP contribution < -0.4 is 0 Å². The number of carbonyl (C=O) groups is 2. The minimum atomic E-state index is -0.207. The van der Waals surface area contributed by atoms with Crippen molar-refractivity contribution in [3.8, 4) is 5.75 Å². The number of benzene rings is 2. The molecule has 4 nitrogen and oxygen atoms in total. The Morgan fingerprint density at radius 2 is 1.85 bits per heavy atom. The normalized spacial score (nSPS) is 18.1. The van der Waals surface area contributed by atoms with Gasteiger partial charge in [-0.15, -0.1) is 0 Å². The van der Waals surface area contributed by atoms with Crippen LogP contribution in [0.1, 0.15) is 76.1 Å². The largest absolute Gasteiger partial charge is 0.506 e. The minimum Gasteiger partial charge on any atom is -0.506 e. The smallest absolute Gasteiger partial charge is 0.258 e. The SMILES string of the molecule is CCC1Cc2c(C(C)C)cc(C(=O)N3Cc4ccccc4C3)c(O)c2C1=O. The fraction of sp³-hybridized carbons (Fsp3) is 0.391. The number of fused-ring (bicyclic) bond motifs is 2. The highest BCUT2D eigenvalue weighted by atomic mass is 16.3. The summed E-state index contributed by atoms with van der Waals surface area (Å²) in [6.45, 7) is 7.20. The molecule has 4 rings (SSSR count). The minimum absolute atomic E-state index is 0.0220. The first-order valence-electron chi connectivity index (χ1n) is 9.71. The Morgan fingerprint density at radius 3 is 2.41 bits per heavy atom. The third-order valence-corrected chi connectivity index (χ3v) is 5.98. The number of nitrogens with zero attached hydrogens (tertiary/aromatic N) is 1. The van der Waals surface area contributed by atoms with E-state index in [2.05, 4.69) is 13.8 Å². The van der Waals surface area contributed by atoms with Gasteiger partial charge in [0.25, 0.3) is 5.91 Å². The third kappa shape index (κ3) is 2.75. The Balaban J connectivity index is 1.76. The number of aromatic hydroxyl groups is 1. The average molecular weight is 363 g/mol. The molecule has 0 aromatic heterocycles. The summed E-state index contributed by atoms with van der Waals surface area (Å²) in [6, 6.07) is 9.82. The number of amides is 1. The highest BCUT2D eigenvalue weighted by molar-refractivity contribution is 6.09. The lowest BCUT2D eigenvalue weighted by atomic mass is 9.90. The second-order valence-corrected chi connectivity index (χ2v) is 7.97. The Hall–Kier alpha value is -2.62. The van der Waals surface area contributed by atoms with Gasteiger partial charge in [-0.3, -0.25) is 9.59 Å². The second-order valence-electron chi connectivity index (χ2n) is 7.97. The van der Waals surface area contributed by atoms with E-state index in [1.54, 1.807) is 4.90 Å². The molecule has 1 atom stereocenters. The Morgan fingerprint density at radius 1 is 1.22 bits per heavy atom. The number of carbonyl (C=O) groups excluding carboxylic acids is 2. The molecule has 0 bridgehead atoms. The number of ketones is 1. The molecule has 0 spiro atoms.